The van der Waals surface area contributed by atoms with Gasteiger partial charge >= 0.3 is 0 Å². The summed E-state index contributed by atoms with van der Waals surface area (Å²) in [4.78, 5) is 0. The van der Waals surface area contributed by atoms with Gasteiger partial charge in [-0.15, -0.1) is 0 Å². The predicted octanol–water partition coefficient (Wildman–Crippen LogP) is 2.41. The molecule has 102 valence electrons. The molecule has 0 fully saturated rings. The zero-order valence-corrected chi connectivity index (χ0v) is 11.8. The molecule has 0 saturated heterocycles. The van der Waals surface area contributed by atoms with Crippen molar-refractivity contribution in [1.82, 2.24) is 15.1 Å². The predicted molar refractivity (Wildman–Crippen MR) is 76.4 cm³/mol. The van der Waals surface area contributed by atoms with Crippen molar-refractivity contribution < 1.29 is 4.74 Å². The van der Waals surface area contributed by atoms with Crippen LogP contribution in [0, 0.1) is 0 Å². The minimum absolute atomic E-state index is 0.268. The van der Waals surface area contributed by atoms with Gasteiger partial charge in [-0.3, -0.25) is 4.68 Å². The standard InChI is InChI=1S/C15H21N3O/c1-4-18-11-12(10-17-18)8-15(16-2)13-6-5-7-14(9-13)19-3/h5-7,9-11,15-16H,4,8H2,1-3H3. The molecule has 0 aliphatic carbocycles. The minimum atomic E-state index is 0.268. The van der Waals surface area contributed by atoms with E-state index in [0.29, 0.717) is 0 Å². The van der Waals surface area contributed by atoms with Crippen molar-refractivity contribution in [3.05, 3.63) is 47.8 Å². The highest BCUT2D eigenvalue weighted by Gasteiger charge is 2.12. The summed E-state index contributed by atoms with van der Waals surface area (Å²) in [6, 6.07) is 8.45. The maximum absolute atomic E-state index is 5.28. The third-order valence-corrected chi connectivity index (χ3v) is 3.30. The van der Waals surface area contributed by atoms with Gasteiger partial charge in [-0.25, -0.2) is 0 Å². The van der Waals surface area contributed by atoms with E-state index in [2.05, 4.69) is 35.7 Å². The molecule has 4 heteroatoms. The Morgan fingerprint density at radius 1 is 1.42 bits per heavy atom. The smallest absolute Gasteiger partial charge is 0.119 e. The van der Waals surface area contributed by atoms with Crippen molar-refractivity contribution in [1.29, 1.82) is 0 Å². The molecule has 0 bridgehead atoms. The molecule has 1 atom stereocenters. The average molecular weight is 259 g/mol. The second-order valence-electron chi connectivity index (χ2n) is 4.53. The lowest BCUT2D eigenvalue weighted by Crippen LogP contribution is -2.18. The molecule has 1 N–H and O–H groups in total. The second kappa shape index (κ2) is 6.38. The Bertz CT molecular complexity index is 522. The topological polar surface area (TPSA) is 39.1 Å². The fraction of sp³-hybridized carbons (Fsp3) is 0.400. The lowest BCUT2D eigenvalue weighted by Gasteiger charge is -2.16. The molecule has 1 aromatic carbocycles. The van der Waals surface area contributed by atoms with Crippen LogP contribution in [0.25, 0.3) is 0 Å². The molecule has 0 aliphatic rings. The monoisotopic (exact) mass is 259 g/mol. The van der Waals surface area contributed by atoms with Crippen LogP contribution >= 0.6 is 0 Å². The summed E-state index contributed by atoms with van der Waals surface area (Å²) in [5, 5.41) is 7.67. The van der Waals surface area contributed by atoms with Gasteiger partial charge in [0.1, 0.15) is 5.75 Å². The van der Waals surface area contributed by atoms with E-state index < -0.39 is 0 Å². The van der Waals surface area contributed by atoms with Crippen LogP contribution in [0.4, 0.5) is 0 Å². The van der Waals surface area contributed by atoms with Crippen molar-refractivity contribution in [3.8, 4) is 5.75 Å². The van der Waals surface area contributed by atoms with Crippen LogP contribution in [-0.2, 0) is 13.0 Å². The van der Waals surface area contributed by atoms with Crippen LogP contribution in [0.3, 0.4) is 0 Å². The van der Waals surface area contributed by atoms with E-state index in [-0.39, 0.29) is 6.04 Å². The average Bonchev–Trinajstić information content (AvgIpc) is 2.92. The Kier molecular flexibility index (Phi) is 4.58. The number of ether oxygens (including phenoxy) is 1. The normalized spacial score (nSPS) is 12.4. The second-order valence-corrected chi connectivity index (χ2v) is 4.53. The number of hydrogen-bond acceptors (Lipinski definition) is 3. The van der Waals surface area contributed by atoms with E-state index in [1.54, 1.807) is 7.11 Å². The number of aromatic nitrogens is 2. The zero-order chi connectivity index (χ0) is 13.7. The molecular formula is C15H21N3O. The number of benzene rings is 1. The fourth-order valence-electron chi connectivity index (χ4n) is 2.17. The Labute approximate surface area is 114 Å². The van der Waals surface area contributed by atoms with Gasteiger partial charge in [0.2, 0.25) is 0 Å². The molecule has 2 rings (SSSR count). The Morgan fingerprint density at radius 2 is 2.26 bits per heavy atom. The first-order valence-corrected chi connectivity index (χ1v) is 6.59. The van der Waals surface area contributed by atoms with Gasteiger partial charge in [0.05, 0.1) is 13.3 Å². The Morgan fingerprint density at radius 3 is 2.89 bits per heavy atom. The summed E-state index contributed by atoms with van der Waals surface area (Å²) in [5.41, 5.74) is 2.47. The van der Waals surface area contributed by atoms with Gasteiger partial charge in [0.25, 0.3) is 0 Å². The lowest BCUT2D eigenvalue weighted by molar-refractivity contribution is 0.413. The summed E-state index contributed by atoms with van der Waals surface area (Å²) < 4.78 is 7.23. The minimum Gasteiger partial charge on any atom is -0.497 e. The molecule has 0 aliphatic heterocycles. The van der Waals surface area contributed by atoms with Crippen molar-refractivity contribution in [2.75, 3.05) is 14.2 Å². The summed E-state index contributed by atoms with van der Waals surface area (Å²) in [6.07, 6.45) is 4.96. The van der Waals surface area contributed by atoms with E-state index in [1.807, 2.05) is 30.1 Å². The molecule has 1 unspecified atom stereocenters. The molecule has 1 aromatic heterocycles. The van der Waals surface area contributed by atoms with E-state index in [0.717, 1.165) is 18.7 Å². The fourth-order valence-corrected chi connectivity index (χ4v) is 2.17. The van der Waals surface area contributed by atoms with Gasteiger partial charge in [-0.05, 0) is 43.7 Å². The van der Waals surface area contributed by atoms with Gasteiger partial charge in [0, 0.05) is 18.8 Å². The van der Waals surface area contributed by atoms with Gasteiger partial charge in [-0.1, -0.05) is 12.1 Å². The number of nitrogens with zero attached hydrogens (tertiary/aromatic N) is 2. The molecule has 0 spiro atoms. The number of rotatable bonds is 6. The Balaban J connectivity index is 2.14. The lowest BCUT2D eigenvalue weighted by atomic mass is 10.0. The highest BCUT2D eigenvalue weighted by molar-refractivity contribution is 5.31. The molecule has 0 radical (unpaired) electrons. The van der Waals surface area contributed by atoms with Crippen molar-refractivity contribution >= 4 is 0 Å². The van der Waals surface area contributed by atoms with Crippen LogP contribution in [-0.4, -0.2) is 23.9 Å². The maximum atomic E-state index is 5.28. The van der Waals surface area contributed by atoms with Crippen LogP contribution < -0.4 is 10.1 Å². The number of likely N-dealkylation sites (N-methyl/N-ethyl adjacent to an activating group) is 1. The van der Waals surface area contributed by atoms with E-state index in [1.165, 1.54) is 11.1 Å². The molecule has 4 nitrogen and oxygen atoms in total. The first-order valence-electron chi connectivity index (χ1n) is 6.59. The van der Waals surface area contributed by atoms with Crippen LogP contribution in [0.5, 0.6) is 5.75 Å². The van der Waals surface area contributed by atoms with E-state index in [9.17, 15) is 0 Å². The molecule has 0 saturated carbocycles. The first-order chi connectivity index (χ1) is 9.26. The van der Waals surface area contributed by atoms with Gasteiger partial charge in [-0.2, -0.15) is 5.10 Å². The van der Waals surface area contributed by atoms with Gasteiger partial charge < -0.3 is 10.1 Å². The highest BCUT2D eigenvalue weighted by Crippen LogP contribution is 2.22. The van der Waals surface area contributed by atoms with E-state index >= 15 is 0 Å². The summed E-state index contributed by atoms with van der Waals surface area (Å²) >= 11 is 0. The first kappa shape index (κ1) is 13.6. The number of aryl methyl sites for hydroxylation is 1. The molecular weight excluding hydrogens is 238 g/mol. The van der Waals surface area contributed by atoms with Crippen molar-refractivity contribution in [2.45, 2.75) is 25.9 Å². The third kappa shape index (κ3) is 3.35. The molecule has 1 heterocycles. The third-order valence-electron chi connectivity index (χ3n) is 3.30. The van der Waals surface area contributed by atoms with Crippen LogP contribution in [0.2, 0.25) is 0 Å². The molecule has 19 heavy (non-hydrogen) atoms. The summed E-state index contributed by atoms with van der Waals surface area (Å²) in [7, 11) is 3.67. The number of hydrogen-bond donors (Lipinski definition) is 1. The SMILES string of the molecule is CCn1cc(CC(NC)c2cccc(OC)c2)cn1. The van der Waals surface area contributed by atoms with E-state index in [4.69, 9.17) is 4.74 Å². The number of nitrogens with one attached hydrogen (secondary N) is 1. The largest absolute Gasteiger partial charge is 0.497 e. The van der Waals surface area contributed by atoms with Crippen molar-refractivity contribution in [3.63, 3.8) is 0 Å². The van der Waals surface area contributed by atoms with Gasteiger partial charge in [0.15, 0.2) is 0 Å². The molecule has 2 aromatic rings. The zero-order valence-electron chi connectivity index (χ0n) is 11.8. The summed E-state index contributed by atoms with van der Waals surface area (Å²) in [5.74, 6) is 0.891. The highest BCUT2D eigenvalue weighted by atomic mass is 16.5. The van der Waals surface area contributed by atoms with Crippen LogP contribution in [0.15, 0.2) is 36.7 Å². The van der Waals surface area contributed by atoms with Crippen molar-refractivity contribution in [2.24, 2.45) is 0 Å². The van der Waals surface area contributed by atoms with Crippen LogP contribution in [0.1, 0.15) is 24.1 Å². The quantitative estimate of drug-likeness (QED) is 0.866. The maximum Gasteiger partial charge on any atom is 0.119 e. The Hall–Kier alpha value is -1.81. The molecule has 0 amide bonds. The number of methoxy groups -OCH3 is 1. The summed E-state index contributed by atoms with van der Waals surface area (Å²) in [6.45, 7) is 3.00.